The second kappa shape index (κ2) is 7.88. The van der Waals surface area contributed by atoms with Gasteiger partial charge in [0.25, 0.3) is 0 Å². The van der Waals surface area contributed by atoms with Crippen molar-refractivity contribution in [2.45, 2.75) is 29.8 Å². The lowest BCUT2D eigenvalue weighted by molar-refractivity contribution is 0.427. The van der Waals surface area contributed by atoms with Crippen molar-refractivity contribution < 1.29 is 21.3 Å². The Hall–Kier alpha value is -2.46. The fraction of sp³-hybridized carbons (Fsp3) is 0.158. The smallest absolute Gasteiger partial charge is 0.242 e. The molecule has 0 aliphatic rings. The average Bonchev–Trinajstić information content (AvgIpc) is 3.16. The number of hydrogen-bond donors (Lipinski definition) is 2. The summed E-state index contributed by atoms with van der Waals surface area (Å²) >= 11 is 0. The zero-order chi connectivity index (χ0) is 20.4. The molecule has 7 nitrogen and oxygen atoms in total. The third kappa shape index (κ3) is 4.68. The van der Waals surface area contributed by atoms with Gasteiger partial charge in [-0.2, -0.15) is 9.44 Å². The summed E-state index contributed by atoms with van der Waals surface area (Å²) in [7, 11) is -8.00. The van der Waals surface area contributed by atoms with Gasteiger partial charge in [0.2, 0.25) is 20.0 Å². The van der Waals surface area contributed by atoms with Gasteiger partial charge in [0, 0.05) is 0 Å². The van der Waals surface area contributed by atoms with E-state index in [2.05, 4.69) is 9.44 Å². The molecular weight excluding hydrogens is 400 g/mol. The van der Waals surface area contributed by atoms with Crippen molar-refractivity contribution in [3.05, 3.63) is 83.8 Å². The molecule has 2 N–H and O–H groups in total. The lowest BCUT2D eigenvalue weighted by Gasteiger charge is -2.18. The molecule has 0 radical (unpaired) electrons. The molecule has 0 fully saturated rings. The fourth-order valence-corrected chi connectivity index (χ4v) is 4.78. The van der Waals surface area contributed by atoms with Crippen LogP contribution in [0.2, 0.25) is 0 Å². The molecule has 0 amide bonds. The van der Waals surface area contributed by atoms with Crippen molar-refractivity contribution in [2.24, 2.45) is 0 Å². The SMILES string of the molecule is Cc1ccc(S(=O)(=O)NC(NS(=O)(=O)c2ccc(C)cc2)c2ccco2)cc1. The first kappa shape index (κ1) is 20.3. The quantitative estimate of drug-likeness (QED) is 0.572. The maximum absolute atomic E-state index is 12.7. The summed E-state index contributed by atoms with van der Waals surface area (Å²) in [6.07, 6.45) is 0.0236. The molecule has 1 heterocycles. The Balaban J connectivity index is 1.92. The molecule has 3 aromatic rings. The molecule has 0 spiro atoms. The van der Waals surface area contributed by atoms with E-state index in [1.165, 1.54) is 36.6 Å². The van der Waals surface area contributed by atoms with Crippen LogP contribution in [-0.4, -0.2) is 16.8 Å². The Morgan fingerprint density at radius 1 is 0.714 bits per heavy atom. The Labute approximate surface area is 164 Å². The Morgan fingerprint density at radius 3 is 1.50 bits per heavy atom. The maximum Gasteiger partial charge on any atom is 0.242 e. The molecule has 0 saturated heterocycles. The predicted octanol–water partition coefficient (Wildman–Crippen LogP) is 2.85. The van der Waals surface area contributed by atoms with Gasteiger partial charge >= 0.3 is 0 Å². The van der Waals surface area contributed by atoms with E-state index < -0.39 is 26.2 Å². The Bertz CT molecular complexity index is 1060. The number of aryl methyl sites for hydroxylation is 2. The van der Waals surface area contributed by atoms with Crippen LogP contribution in [0.4, 0.5) is 0 Å². The molecule has 9 heteroatoms. The van der Waals surface area contributed by atoms with Crippen LogP contribution in [-0.2, 0) is 20.0 Å². The van der Waals surface area contributed by atoms with Gasteiger partial charge in [-0.3, -0.25) is 0 Å². The number of furan rings is 1. The van der Waals surface area contributed by atoms with E-state index in [-0.39, 0.29) is 15.6 Å². The van der Waals surface area contributed by atoms with Gasteiger partial charge in [-0.25, -0.2) is 16.8 Å². The molecule has 148 valence electrons. The molecule has 3 rings (SSSR count). The molecule has 0 atom stereocenters. The monoisotopic (exact) mass is 420 g/mol. The van der Waals surface area contributed by atoms with Crippen LogP contribution in [0.1, 0.15) is 23.1 Å². The molecule has 2 aromatic carbocycles. The van der Waals surface area contributed by atoms with Crippen LogP contribution in [0.25, 0.3) is 0 Å². The highest BCUT2D eigenvalue weighted by Gasteiger charge is 2.28. The highest BCUT2D eigenvalue weighted by Crippen LogP contribution is 2.20. The van der Waals surface area contributed by atoms with Gasteiger partial charge in [0.1, 0.15) is 11.9 Å². The molecule has 28 heavy (non-hydrogen) atoms. The average molecular weight is 421 g/mol. The largest absolute Gasteiger partial charge is 0.466 e. The zero-order valence-electron chi connectivity index (χ0n) is 15.3. The minimum Gasteiger partial charge on any atom is -0.466 e. The topological polar surface area (TPSA) is 105 Å². The molecule has 0 aliphatic carbocycles. The molecule has 0 bridgehead atoms. The highest BCUT2D eigenvalue weighted by atomic mass is 32.2. The van der Waals surface area contributed by atoms with Crippen LogP contribution in [0, 0.1) is 13.8 Å². The molecule has 0 unspecified atom stereocenters. The Kier molecular flexibility index (Phi) is 5.71. The van der Waals surface area contributed by atoms with Crippen molar-refractivity contribution in [3.8, 4) is 0 Å². The summed E-state index contributed by atoms with van der Waals surface area (Å²) in [5, 5.41) is 0. The van der Waals surface area contributed by atoms with E-state index in [0.29, 0.717) is 0 Å². The minimum absolute atomic E-state index is 0.0178. The van der Waals surface area contributed by atoms with Crippen LogP contribution in [0.5, 0.6) is 0 Å². The molecule has 1 aromatic heterocycles. The van der Waals surface area contributed by atoms with Crippen molar-refractivity contribution in [3.63, 3.8) is 0 Å². The van der Waals surface area contributed by atoms with E-state index in [1.54, 1.807) is 30.3 Å². The highest BCUT2D eigenvalue weighted by molar-refractivity contribution is 7.90. The second-order valence-electron chi connectivity index (χ2n) is 6.32. The number of benzene rings is 2. The summed E-state index contributed by atoms with van der Waals surface area (Å²) in [5.74, 6) is 0.117. The van der Waals surface area contributed by atoms with Crippen LogP contribution in [0.3, 0.4) is 0 Å². The summed E-state index contributed by atoms with van der Waals surface area (Å²) in [6, 6.07) is 15.5. The maximum atomic E-state index is 12.7. The second-order valence-corrected chi connectivity index (χ2v) is 9.75. The first-order valence-corrected chi connectivity index (χ1v) is 11.4. The van der Waals surface area contributed by atoms with Gasteiger partial charge in [0.15, 0.2) is 0 Å². The first-order valence-electron chi connectivity index (χ1n) is 8.39. The predicted molar refractivity (Wildman–Crippen MR) is 104 cm³/mol. The van der Waals surface area contributed by atoms with Gasteiger partial charge in [-0.05, 0) is 50.2 Å². The minimum atomic E-state index is -4.00. The first-order chi connectivity index (χ1) is 13.2. The standard InChI is InChI=1S/C19H20N2O5S2/c1-14-5-9-16(10-6-14)27(22,23)20-19(18-4-3-13-26-18)21-28(24,25)17-11-7-15(2)8-12-17/h3-13,19-21H,1-2H3. The van der Waals surface area contributed by atoms with Gasteiger partial charge in [0.05, 0.1) is 16.1 Å². The lowest BCUT2D eigenvalue weighted by Crippen LogP contribution is -2.40. The number of rotatable bonds is 7. The van der Waals surface area contributed by atoms with E-state index in [0.717, 1.165) is 11.1 Å². The number of hydrogen-bond acceptors (Lipinski definition) is 5. The lowest BCUT2D eigenvalue weighted by atomic mass is 10.2. The van der Waals surface area contributed by atoms with Gasteiger partial charge < -0.3 is 4.42 Å². The van der Waals surface area contributed by atoms with Crippen molar-refractivity contribution >= 4 is 20.0 Å². The molecular formula is C19H20N2O5S2. The van der Waals surface area contributed by atoms with Crippen molar-refractivity contribution in [1.29, 1.82) is 0 Å². The summed E-state index contributed by atoms with van der Waals surface area (Å²) < 4.78 is 60.9. The Morgan fingerprint density at radius 2 is 1.14 bits per heavy atom. The van der Waals surface area contributed by atoms with E-state index in [1.807, 2.05) is 13.8 Å². The summed E-state index contributed by atoms with van der Waals surface area (Å²) in [6.45, 7) is 3.68. The van der Waals surface area contributed by atoms with Gasteiger partial charge in [-0.15, -0.1) is 0 Å². The normalized spacial score (nSPS) is 12.4. The number of nitrogens with one attached hydrogen (secondary N) is 2. The summed E-state index contributed by atoms with van der Waals surface area (Å²) in [5.41, 5.74) is 1.81. The van der Waals surface area contributed by atoms with Crippen LogP contribution < -0.4 is 9.44 Å². The van der Waals surface area contributed by atoms with Crippen LogP contribution >= 0.6 is 0 Å². The van der Waals surface area contributed by atoms with Crippen LogP contribution in [0.15, 0.2) is 81.1 Å². The molecule has 0 saturated carbocycles. The fourth-order valence-electron chi connectivity index (χ4n) is 2.48. The summed E-state index contributed by atoms with van der Waals surface area (Å²) in [4.78, 5) is 0.0355. The third-order valence-corrected chi connectivity index (χ3v) is 6.91. The van der Waals surface area contributed by atoms with E-state index in [9.17, 15) is 16.8 Å². The van der Waals surface area contributed by atoms with E-state index in [4.69, 9.17) is 4.42 Å². The zero-order valence-corrected chi connectivity index (χ0v) is 16.9. The third-order valence-electron chi connectivity index (χ3n) is 4.04. The van der Waals surface area contributed by atoms with Crippen molar-refractivity contribution in [1.82, 2.24) is 9.44 Å². The molecule has 0 aliphatic heterocycles. The van der Waals surface area contributed by atoms with E-state index >= 15 is 0 Å². The van der Waals surface area contributed by atoms with Crippen molar-refractivity contribution in [2.75, 3.05) is 0 Å². The van der Waals surface area contributed by atoms with Gasteiger partial charge in [-0.1, -0.05) is 35.4 Å². The number of sulfonamides is 2.